The summed E-state index contributed by atoms with van der Waals surface area (Å²) in [5.74, 6) is 0.461. The largest absolute Gasteiger partial charge is 0.493 e. The van der Waals surface area contributed by atoms with Crippen molar-refractivity contribution in [1.29, 1.82) is 0 Å². The number of anilines is 1. The van der Waals surface area contributed by atoms with Crippen molar-refractivity contribution >= 4 is 17.5 Å². The van der Waals surface area contributed by atoms with E-state index in [0.717, 1.165) is 25.7 Å². The van der Waals surface area contributed by atoms with Gasteiger partial charge < -0.3 is 25.0 Å². The van der Waals surface area contributed by atoms with Crippen LogP contribution < -0.4 is 20.1 Å². The monoisotopic (exact) mass is 391 g/mol. The fourth-order valence-corrected chi connectivity index (χ4v) is 3.53. The van der Waals surface area contributed by atoms with E-state index in [1.165, 1.54) is 33.5 Å². The molecule has 2 N–H and O–H groups in total. The summed E-state index contributed by atoms with van der Waals surface area (Å²) < 4.78 is 10.8. The van der Waals surface area contributed by atoms with Crippen LogP contribution in [-0.2, 0) is 4.79 Å². The number of likely N-dealkylation sites (N-methyl/N-ethyl adjacent to an activating group) is 1. The molecule has 1 fully saturated rings. The molecular weight excluding hydrogens is 358 g/mol. The topological polar surface area (TPSA) is 79.9 Å². The van der Waals surface area contributed by atoms with Gasteiger partial charge >= 0.3 is 0 Å². The van der Waals surface area contributed by atoms with Gasteiger partial charge in [-0.15, -0.1) is 0 Å². The molecule has 0 radical (unpaired) electrons. The summed E-state index contributed by atoms with van der Waals surface area (Å²) in [6.45, 7) is 0.226. The van der Waals surface area contributed by atoms with E-state index in [0.29, 0.717) is 22.7 Å². The zero-order valence-corrected chi connectivity index (χ0v) is 17.5. The number of benzene rings is 1. The summed E-state index contributed by atoms with van der Waals surface area (Å²) in [7, 11) is 6.65. The van der Waals surface area contributed by atoms with Gasteiger partial charge in [0.05, 0.1) is 26.5 Å². The number of ether oxygens (including phenoxy) is 2. The molecule has 0 aromatic heterocycles. The van der Waals surface area contributed by atoms with Crippen molar-refractivity contribution in [1.82, 2.24) is 10.2 Å². The van der Waals surface area contributed by atoms with Crippen LogP contribution in [0.15, 0.2) is 12.1 Å². The zero-order valence-electron chi connectivity index (χ0n) is 17.5. The molecule has 1 aliphatic carbocycles. The number of hydrogen-bond donors (Lipinski definition) is 2. The molecule has 0 heterocycles. The Labute approximate surface area is 167 Å². The molecule has 1 aromatic rings. The zero-order chi connectivity index (χ0) is 20.5. The highest BCUT2D eigenvalue weighted by Crippen LogP contribution is 2.36. The molecule has 7 nitrogen and oxygen atoms in total. The van der Waals surface area contributed by atoms with Gasteiger partial charge in [-0.2, -0.15) is 0 Å². The highest BCUT2D eigenvalue weighted by molar-refractivity contribution is 6.00. The summed E-state index contributed by atoms with van der Waals surface area (Å²) in [4.78, 5) is 26.8. The van der Waals surface area contributed by atoms with E-state index in [2.05, 4.69) is 10.6 Å². The van der Waals surface area contributed by atoms with Gasteiger partial charge in [0, 0.05) is 11.6 Å². The fourth-order valence-electron chi connectivity index (χ4n) is 3.53. The minimum Gasteiger partial charge on any atom is -0.493 e. The number of methoxy groups -OCH3 is 2. The standard InChI is InChI=1S/C21H33N3O4/c1-24(2)14-19(25)23-17-12-15(13-18(27-3)20(17)28-4)21(26)22-16-10-8-6-5-7-9-11-16/h12-13,16H,5-11,14H2,1-4H3,(H,22,26)(H,23,25). The quantitative estimate of drug-likeness (QED) is 0.747. The van der Waals surface area contributed by atoms with Crippen LogP contribution in [0.25, 0.3) is 0 Å². The van der Waals surface area contributed by atoms with Gasteiger partial charge in [-0.25, -0.2) is 0 Å². The number of rotatable bonds is 7. The van der Waals surface area contributed by atoms with Gasteiger partial charge in [0.15, 0.2) is 11.5 Å². The average Bonchev–Trinajstić information content (AvgIpc) is 2.62. The maximum Gasteiger partial charge on any atom is 0.251 e. The maximum atomic E-state index is 12.9. The molecule has 0 aliphatic heterocycles. The smallest absolute Gasteiger partial charge is 0.251 e. The predicted octanol–water partition coefficient (Wildman–Crippen LogP) is 3.05. The molecular formula is C21H33N3O4. The minimum atomic E-state index is -0.192. The normalized spacial score (nSPS) is 15.5. The Morgan fingerprint density at radius 3 is 2.25 bits per heavy atom. The fraction of sp³-hybridized carbons (Fsp3) is 0.619. The third kappa shape index (κ3) is 6.41. The van der Waals surface area contributed by atoms with Crippen molar-refractivity contribution in [2.75, 3.05) is 40.2 Å². The van der Waals surface area contributed by atoms with Gasteiger partial charge in [0.2, 0.25) is 5.91 Å². The Morgan fingerprint density at radius 2 is 1.68 bits per heavy atom. The SMILES string of the molecule is COc1cc(C(=O)NC2CCCCCCC2)cc(NC(=O)CN(C)C)c1OC. The molecule has 0 unspecified atom stereocenters. The van der Waals surface area contributed by atoms with Crippen molar-refractivity contribution in [2.24, 2.45) is 0 Å². The van der Waals surface area contributed by atoms with Gasteiger partial charge in [0.25, 0.3) is 5.91 Å². The second-order valence-electron chi connectivity index (χ2n) is 7.56. The lowest BCUT2D eigenvalue weighted by Gasteiger charge is -2.22. The van der Waals surface area contributed by atoms with E-state index < -0.39 is 0 Å². The van der Waals surface area contributed by atoms with Crippen molar-refractivity contribution < 1.29 is 19.1 Å². The molecule has 2 amide bonds. The third-order valence-electron chi connectivity index (χ3n) is 4.92. The maximum absolute atomic E-state index is 12.9. The molecule has 0 bridgehead atoms. The molecule has 2 rings (SSSR count). The lowest BCUT2D eigenvalue weighted by atomic mass is 9.96. The Bertz CT molecular complexity index is 668. The van der Waals surface area contributed by atoms with E-state index in [1.807, 2.05) is 14.1 Å². The van der Waals surface area contributed by atoms with Crippen LogP contribution in [0.1, 0.15) is 55.3 Å². The van der Waals surface area contributed by atoms with Crippen molar-refractivity contribution in [3.63, 3.8) is 0 Å². The summed E-state index contributed by atoms with van der Waals surface area (Å²) in [5, 5.41) is 5.97. The van der Waals surface area contributed by atoms with E-state index in [9.17, 15) is 9.59 Å². The summed E-state index contributed by atoms with van der Waals surface area (Å²) in [6.07, 6.45) is 8.03. The first-order valence-electron chi connectivity index (χ1n) is 9.96. The summed E-state index contributed by atoms with van der Waals surface area (Å²) in [6, 6.07) is 3.49. The molecule has 1 aromatic carbocycles. The summed E-state index contributed by atoms with van der Waals surface area (Å²) in [5.41, 5.74) is 0.872. The van der Waals surface area contributed by atoms with Crippen molar-refractivity contribution in [2.45, 2.75) is 51.0 Å². The number of hydrogen-bond acceptors (Lipinski definition) is 5. The average molecular weight is 392 g/mol. The van der Waals surface area contributed by atoms with Crippen LogP contribution in [0.5, 0.6) is 11.5 Å². The van der Waals surface area contributed by atoms with E-state index in [4.69, 9.17) is 9.47 Å². The van der Waals surface area contributed by atoms with Crippen molar-refractivity contribution in [3.05, 3.63) is 17.7 Å². The number of nitrogens with one attached hydrogen (secondary N) is 2. The van der Waals surface area contributed by atoms with E-state index in [-0.39, 0.29) is 24.4 Å². The molecule has 1 aliphatic rings. The van der Waals surface area contributed by atoms with Crippen LogP contribution >= 0.6 is 0 Å². The van der Waals surface area contributed by atoms with Gasteiger partial charge in [-0.3, -0.25) is 9.59 Å². The molecule has 7 heteroatoms. The van der Waals surface area contributed by atoms with Gasteiger partial charge in [-0.05, 0) is 39.1 Å². The predicted molar refractivity (Wildman–Crippen MR) is 110 cm³/mol. The Hall–Kier alpha value is -2.28. The lowest BCUT2D eigenvalue weighted by Crippen LogP contribution is -2.35. The van der Waals surface area contributed by atoms with Gasteiger partial charge in [-0.1, -0.05) is 32.1 Å². The lowest BCUT2D eigenvalue weighted by molar-refractivity contribution is -0.116. The number of carbonyl (C=O) groups excluding carboxylic acids is 2. The van der Waals surface area contributed by atoms with Crippen LogP contribution in [0.4, 0.5) is 5.69 Å². The Morgan fingerprint density at radius 1 is 1.04 bits per heavy atom. The first-order valence-corrected chi connectivity index (χ1v) is 9.96. The van der Waals surface area contributed by atoms with Gasteiger partial charge in [0.1, 0.15) is 0 Å². The highest BCUT2D eigenvalue weighted by atomic mass is 16.5. The van der Waals surface area contributed by atoms with E-state index in [1.54, 1.807) is 17.0 Å². The Balaban J connectivity index is 2.21. The third-order valence-corrected chi connectivity index (χ3v) is 4.92. The van der Waals surface area contributed by atoms with Crippen molar-refractivity contribution in [3.8, 4) is 11.5 Å². The van der Waals surface area contributed by atoms with E-state index >= 15 is 0 Å². The molecule has 156 valence electrons. The second-order valence-corrected chi connectivity index (χ2v) is 7.56. The number of amides is 2. The minimum absolute atomic E-state index is 0.158. The first-order chi connectivity index (χ1) is 13.4. The summed E-state index contributed by atoms with van der Waals surface area (Å²) >= 11 is 0. The highest BCUT2D eigenvalue weighted by Gasteiger charge is 2.20. The van der Waals surface area contributed by atoms with Crippen LogP contribution in [0.3, 0.4) is 0 Å². The Kier molecular flexibility index (Phi) is 8.57. The molecule has 0 atom stereocenters. The molecule has 0 saturated heterocycles. The van der Waals surface area contributed by atoms with Crippen LogP contribution in [0.2, 0.25) is 0 Å². The molecule has 0 spiro atoms. The molecule has 1 saturated carbocycles. The second kappa shape index (κ2) is 10.9. The van der Waals surface area contributed by atoms with Crippen LogP contribution in [-0.4, -0.2) is 57.6 Å². The number of carbonyl (C=O) groups is 2. The van der Waals surface area contributed by atoms with Crippen LogP contribution in [0, 0.1) is 0 Å². The molecule has 28 heavy (non-hydrogen) atoms. The first kappa shape index (κ1) is 22.0. The number of nitrogens with zero attached hydrogens (tertiary/aromatic N) is 1.